The summed E-state index contributed by atoms with van der Waals surface area (Å²) in [5, 5.41) is 8.17. The zero-order chi connectivity index (χ0) is 22.6. The number of hydrogen-bond donors (Lipinski definition) is 2. The smallest absolute Gasteiger partial charge is 0.259 e. The van der Waals surface area contributed by atoms with Crippen LogP contribution in [0, 0.1) is 5.82 Å². The largest absolute Gasteiger partial charge is 0.454 e. The number of amides is 1. The van der Waals surface area contributed by atoms with Crippen LogP contribution in [0.5, 0.6) is 11.5 Å². The molecule has 8 heteroatoms. The third-order valence-electron chi connectivity index (χ3n) is 5.30. The SMILES string of the molecule is O=C(CNc1ccc2c(c1)OCO2)N/N=C/c1cn(Cc2ccc(F)cc2)c2ccccc12. The van der Waals surface area contributed by atoms with Gasteiger partial charge in [-0.15, -0.1) is 0 Å². The van der Waals surface area contributed by atoms with Gasteiger partial charge in [0, 0.05) is 41.0 Å². The van der Waals surface area contributed by atoms with Crippen LogP contribution in [-0.2, 0) is 11.3 Å². The lowest BCUT2D eigenvalue weighted by molar-refractivity contribution is -0.119. The molecular formula is C25H21FN4O3. The summed E-state index contributed by atoms with van der Waals surface area (Å²) in [4.78, 5) is 12.2. The lowest BCUT2D eigenvalue weighted by atomic mass is 10.2. The highest BCUT2D eigenvalue weighted by molar-refractivity contribution is 5.99. The normalized spacial score (nSPS) is 12.4. The average molecular weight is 444 g/mol. The van der Waals surface area contributed by atoms with Gasteiger partial charge in [0.05, 0.1) is 12.8 Å². The number of hydrazone groups is 1. The highest BCUT2D eigenvalue weighted by atomic mass is 19.1. The van der Waals surface area contributed by atoms with Gasteiger partial charge >= 0.3 is 0 Å². The zero-order valence-corrected chi connectivity index (χ0v) is 17.6. The molecule has 1 aliphatic rings. The first kappa shape index (κ1) is 20.6. The highest BCUT2D eigenvalue weighted by Crippen LogP contribution is 2.34. The number of aromatic nitrogens is 1. The van der Waals surface area contributed by atoms with Crippen molar-refractivity contribution in [2.45, 2.75) is 6.54 Å². The van der Waals surface area contributed by atoms with Gasteiger partial charge in [-0.05, 0) is 35.9 Å². The molecule has 5 rings (SSSR count). The quantitative estimate of drug-likeness (QED) is 0.332. The Kier molecular flexibility index (Phi) is 5.63. The second kappa shape index (κ2) is 9.04. The van der Waals surface area contributed by atoms with Gasteiger partial charge in [-0.25, -0.2) is 9.82 Å². The molecule has 0 radical (unpaired) electrons. The summed E-state index contributed by atoms with van der Waals surface area (Å²) in [6, 6.07) is 19.8. The van der Waals surface area contributed by atoms with Crippen molar-refractivity contribution in [2.75, 3.05) is 18.7 Å². The molecule has 0 fully saturated rings. The fourth-order valence-electron chi connectivity index (χ4n) is 3.70. The molecule has 0 saturated carbocycles. The van der Waals surface area contributed by atoms with E-state index in [0.29, 0.717) is 18.0 Å². The number of ether oxygens (including phenoxy) is 2. The molecule has 1 aliphatic heterocycles. The number of halogens is 1. The van der Waals surface area contributed by atoms with Crippen LogP contribution in [0.2, 0.25) is 0 Å². The number of benzene rings is 3. The van der Waals surface area contributed by atoms with Gasteiger partial charge in [-0.2, -0.15) is 5.10 Å². The molecule has 4 aromatic rings. The van der Waals surface area contributed by atoms with Crippen molar-refractivity contribution in [3.05, 3.63) is 89.9 Å². The van der Waals surface area contributed by atoms with Gasteiger partial charge in [-0.3, -0.25) is 4.79 Å². The van der Waals surface area contributed by atoms with E-state index in [1.165, 1.54) is 12.1 Å². The molecule has 0 bridgehead atoms. The van der Waals surface area contributed by atoms with Gasteiger partial charge in [-0.1, -0.05) is 30.3 Å². The molecule has 7 nitrogen and oxygen atoms in total. The molecule has 33 heavy (non-hydrogen) atoms. The van der Waals surface area contributed by atoms with Crippen LogP contribution in [-0.4, -0.2) is 30.0 Å². The topological polar surface area (TPSA) is 76.9 Å². The summed E-state index contributed by atoms with van der Waals surface area (Å²) in [5.74, 6) is 0.801. The maximum absolute atomic E-state index is 13.2. The third-order valence-corrected chi connectivity index (χ3v) is 5.30. The standard InChI is InChI=1S/C25H21FN4O3/c26-19-7-5-17(6-8-19)14-30-15-18(21-3-1-2-4-22(21)30)12-28-29-25(31)13-27-20-9-10-23-24(11-20)33-16-32-23/h1-12,15,27H,13-14,16H2,(H,29,31)/b28-12+. The molecule has 1 amide bonds. The van der Waals surface area contributed by atoms with Gasteiger partial charge in [0.15, 0.2) is 11.5 Å². The molecule has 0 atom stereocenters. The minimum atomic E-state index is -0.279. The third kappa shape index (κ3) is 4.64. The summed E-state index contributed by atoms with van der Waals surface area (Å²) in [5.41, 5.74) is 6.19. The van der Waals surface area contributed by atoms with Crippen molar-refractivity contribution in [1.82, 2.24) is 9.99 Å². The Bertz CT molecular complexity index is 1330. The number of carbonyl (C=O) groups is 1. The Labute approximate surface area is 189 Å². The van der Waals surface area contributed by atoms with Crippen molar-refractivity contribution in [3.63, 3.8) is 0 Å². The van der Waals surface area contributed by atoms with Crippen LogP contribution in [0.4, 0.5) is 10.1 Å². The van der Waals surface area contributed by atoms with E-state index in [-0.39, 0.29) is 25.1 Å². The van der Waals surface area contributed by atoms with Crippen molar-refractivity contribution >= 4 is 28.7 Å². The first-order valence-electron chi connectivity index (χ1n) is 10.4. The average Bonchev–Trinajstić information content (AvgIpc) is 3.44. The van der Waals surface area contributed by atoms with E-state index in [4.69, 9.17) is 9.47 Å². The second-order valence-electron chi connectivity index (χ2n) is 7.57. The molecule has 3 aromatic carbocycles. The summed E-state index contributed by atoms with van der Waals surface area (Å²) in [6.07, 6.45) is 3.59. The van der Waals surface area contributed by atoms with Crippen LogP contribution in [0.1, 0.15) is 11.1 Å². The van der Waals surface area contributed by atoms with E-state index in [9.17, 15) is 9.18 Å². The van der Waals surface area contributed by atoms with E-state index in [2.05, 4.69) is 20.4 Å². The first-order valence-corrected chi connectivity index (χ1v) is 10.4. The molecule has 0 saturated heterocycles. The van der Waals surface area contributed by atoms with Gasteiger partial charge in [0.2, 0.25) is 6.79 Å². The summed E-state index contributed by atoms with van der Waals surface area (Å²) < 4.78 is 25.9. The van der Waals surface area contributed by atoms with E-state index >= 15 is 0 Å². The molecular weight excluding hydrogens is 423 g/mol. The summed E-state index contributed by atoms with van der Waals surface area (Å²) in [6.45, 7) is 0.859. The number of fused-ring (bicyclic) bond motifs is 2. The minimum absolute atomic E-state index is 0.0588. The Morgan fingerprint density at radius 1 is 1.06 bits per heavy atom. The highest BCUT2D eigenvalue weighted by Gasteiger charge is 2.13. The Morgan fingerprint density at radius 2 is 1.88 bits per heavy atom. The number of hydrogen-bond acceptors (Lipinski definition) is 5. The Morgan fingerprint density at radius 3 is 2.76 bits per heavy atom. The van der Waals surface area contributed by atoms with Gasteiger partial charge in [0.1, 0.15) is 5.82 Å². The lowest BCUT2D eigenvalue weighted by Crippen LogP contribution is -2.25. The molecule has 0 aliphatic carbocycles. The van der Waals surface area contributed by atoms with Crippen LogP contribution in [0.3, 0.4) is 0 Å². The predicted octanol–water partition coefficient (Wildman–Crippen LogP) is 4.12. The fraction of sp³-hybridized carbons (Fsp3) is 0.120. The summed E-state index contributed by atoms with van der Waals surface area (Å²) >= 11 is 0. The maximum Gasteiger partial charge on any atom is 0.259 e. The molecule has 0 spiro atoms. The van der Waals surface area contributed by atoms with E-state index in [1.54, 1.807) is 30.5 Å². The molecule has 0 unspecified atom stereocenters. The number of carbonyl (C=O) groups excluding carboxylic acids is 1. The summed E-state index contributed by atoms with van der Waals surface area (Å²) in [7, 11) is 0. The van der Waals surface area contributed by atoms with E-state index < -0.39 is 0 Å². The Balaban J connectivity index is 1.23. The van der Waals surface area contributed by atoms with E-state index in [1.807, 2.05) is 36.5 Å². The Hall–Kier alpha value is -4.33. The van der Waals surface area contributed by atoms with Crippen molar-refractivity contribution in [2.24, 2.45) is 5.10 Å². The molecule has 166 valence electrons. The van der Waals surface area contributed by atoms with E-state index in [0.717, 1.165) is 27.7 Å². The lowest BCUT2D eigenvalue weighted by Gasteiger charge is -2.06. The first-order chi connectivity index (χ1) is 16.2. The van der Waals surface area contributed by atoms with Crippen LogP contribution < -0.4 is 20.2 Å². The maximum atomic E-state index is 13.2. The van der Waals surface area contributed by atoms with Crippen LogP contribution >= 0.6 is 0 Å². The molecule has 2 N–H and O–H groups in total. The number of nitrogens with zero attached hydrogens (tertiary/aromatic N) is 2. The number of para-hydroxylation sites is 1. The van der Waals surface area contributed by atoms with Gasteiger partial charge in [0.25, 0.3) is 5.91 Å². The second-order valence-corrected chi connectivity index (χ2v) is 7.57. The molecule has 1 aromatic heterocycles. The van der Waals surface area contributed by atoms with Crippen molar-refractivity contribution in [1.29, 1.82) is 0 Å². The van der Waals surface area contributed by atoms with Crippen molar-refractivity contribution in [3.8, 4) is 11.5 Å². The number of rotatable bonds is 7. The van der Waals surface area contributed by atoms with Crippen LogP contribution in [0.15, 0.2) is 78.0 Å². The number of nitrogens with one attached hydrogen (secondary N) is 2. The minimum Gasteiger partial charge on any atom is -0.454 e. The predicted molar refractivity (Wildman–Crippen MR) is 124 cm³/mol. The zero-order valence-electron chi connectivity index (χ0n) is 17.6. The van der Waals surface area contributed by atoms with Gasteiger partial charge < -0.3 is 19.4 Å². The monoisotopic (exact) mass is 444 g/mol. The van der Waals surface area contributed by atoms with Crippen molar-refractivity contribution < 1.29 is 18.7 Å². The van der Waals surface area contributed by atoms with Crippen LogP contribution in [0.25, 0.3) is 10.9 Å². The fourth-order valence-corrected chi connectivity index (χ4v) is 3.70. The number of anilines is 1. The molecule has 2 heterocycles.